The lowest BCUT2D eigenvalue weighted by Crippen LogP contribution is -2.44. The summed E-state index contributed by atoms with van der Waals surface area (Å²) in [5.41, 5.74) is 2.71. The van der Waals surface area contributed by atoms with Gasteiger partial charge in [0.05, 0.1) is 0 Å². The number of aryl methyl sites for hydroxylation is 1. The maximum absolute atomic E-state index is 13.0. The summed E-state index contributed by atoms with van der Waals surface area (Å²) >= 11 is 6.13. The number of ether oxygens (including phenoxy) is 1. The van der Waals surface area contributed by atoms with Gasteiger partial charge < -0.3 is 15.0 Å². The molecule has 2 aliphatic rings. The van der Waals surface area contributed by atoms with Crippen molar-refractivity contribution in [3.63, 3.8) is 0 Å². The monoisotopic (exact) mass is 468 g/mol. The Morgan fingerprint density at radius 2 is 1.73 bits per heavy atom. The van der Waals surface area contributed by atoms with Gasteiger partial charge in [-0.1, -0.05) is 49.1 Å². The molecule has 5 nitrogen and oxygen atoms in total. The van der Waals surface area contributed by atoms with Gasteiger partial charge in [-0.3, -0.25) is 9.59 Å². The van der Waals surface area contributed by atoms with Crippen molar-refractivity contribution in [2.45, 2.75) is 58.5 Å². The number of amides is 2. The third-order valence-corrected chi connectivity index (χ3v) is 7.04. The molecule has 0 atom stereocenters. The summed E-state index contributed by atoms with van der Waals surface area (Å²) in [5, 5.41) is 3.74. The smallest absolute Gasteiger partial charge is 0.227 e. The minimum Gasteiger partial charge on any atom is -0.489 e. The summed E-state index contributed by atoms with van der Waals surface area (Å²) in [6, 6.07) is 13.3. The van der Waals surface area contributed by atoms with Crippen molar-refractivity contribution in [1.29, 1.82) is 0 Å². The molecule has 0 spiro atoms. The average Bonchev–Trinajstić information content (AvgIpc) is 2.83. The molecule has 0 aromatic heterocycles. The van der Waals surface area contributed by atoms with E-state index in [0.29, 0.717) is 49.2 Å². The standard InChI is InChI=1S/C27H33ClN2O3/c1-19-15-23(28)17-24(16-19)33-18-22-9-5-6-10-25(22)29-26(31)20-11-13-30(14-12-20)27(32)21-7-3-2-4-8-21/h5-6,9-10,15-17,20-21H,2-4,7-8,11-14,18H2,1H3,(H,29,31). The summed E-state index contributed by atoms with van der Waals surface area (Å²) in [7, 11) is 0. The molecule has 1 saturated heterocycles. The topological polar surface area (TPSA) is 58.6 Å². The van der Waals surface area contributed by atoms with Crippen LogP contribution in [0.1, 0.15) is 56.1 Å². The highest BCUT2D eigenvalue weighted by atomic mass is 35.5. The Morgan fingerprint density at radius 1 is 1.00 bits per heavy atom. The van der Waals surface area contributed by atoms with Crippen LogP contribution in [0.25, 0.3) is 0 Å². The van der Waals surface area contributed by atoms with Crippen molar-refractivity contribution in [3.05, 3.63) is 58.6 Å². The normalized spacial score (nSPS) is 17.6. The molecule has 1 N–H and O–H groups in total. The van der Waals surface area contributed by atoms with E-state index in [1.165, 1.54) is 6.42 Å². The van der Waals surface area contributed by atoms with E-state index in [1.54, 1.807) is 6.07 Å². The quantitative estimate of drug-likeness (QED) is 0.566. The van der Waals surface area contributed by atoms with Gasteiger partial charge in [0.15, 0.2) is 0 Å². The van der Waals surface area contributed by atoms with Crippen LogP contribution in [0.4, 0.5) is 5.69 Å². The van der Waals surface area contributed by atoms with Crippen LogP contribution in [0.3, 0.4) is 0 Å². The number of hydrogen-bond acceptors (Lipinski definition) is 3. The SMILES string of the molecule is Cc1cc(Cl)cc(OCc2ccccc2NC(=O)C2CCN(C(=O)C3CCCCC3)CC2)c1. The molecule has 2 fully saturated rings. The molecular formula is C27H33ClN2O3. The van der Waals surface area contributed by atoms with E-state index in [4.69, 9.17) is 16.3 Å². The van der Waals surface area contributed by atoms with Crippen molar-refractivity contribution in [2.75, 3.05) is 18.4 Å². The maximum atomic E-state index is 13.0. The minimum absolute atomic E-state index is 0.0193. The number of rotatable bonds is 6. The van der Waals surface area contributed by atoms with Crippen molar-refractivity contribution in [2.24, 2.45) is 11.8 Å². The number of halogens is 1. The third kappa shape index (κ3) is 6.29. The molecule has 0 bridgehead atoms. The summed E-state index contributed by atoms with van der Waals surface area (Å²) in [4.78, 5) is 27.8. The number of piperidine rings is 1. The Bertz CT molecular complexity index is 959. The molecule has 33 heavy (non-hydrogen) atoms. The fourth-order valence-corrected chi connectivity index (χ4v) is 5.20. The molecule has 0 unspecified atom stereocenters. The average molecular weight is 469 g/mol. The zero-order chi connectivity index (χ0) is 23.2. The van der Waals surface area contributed by atoms with Crippen LogP contribution in [-0.4, -0.2) is 29.8 Å². The van der Waals surface area contributed by atoms with Gasteiger partial charge in [0.2, 0.25) is 11.8 Å². The molecule has 2 aromatic carbocycles. The second kappa shape index (κ2) is 11.1. The van der Waals surface area contributed by atoms with Gasteiger partial charge in [0.25, 0.3) is 0 Å². The lowest BCUT2D eigenvalue weighted by atomic mass is 9.87. The van der Waals surface area contributed by atoms with Crippen molar-refractivity contribution in [1.82, 2.24) is 4.90 Å². The number of nitrogens with zero attached hydrogens (tertiary/aromatic N) is 1. The van der Waals surface area contributed by atoms with Crippen molar-refractivity contribution in [3.8, 4) is 5.75 Å². The van der Waals surface area contributed by atoms with Crippen LogP contribution in [0.5, 0.6) is 5.75 Å². The minimum atomic E-state index is -0.0787. The fourth-order valence-electron chi connectivity index (χ4n) is 4.92. The van der Waals surface area contributed by atoms with Crippen molar-refractivity contribution < 1.29 is 14.3 Å². The van der Waals surface area contributed by atoms with E-state index in [9.17, 15) is 9.59 Å². The zero-order valence-electron chi connectivity index (χ0n) is 19.3. The van der Waals surface area contributed by atoms with Crippen LogP contribution >= 0.6 is 11.6 Å². The fraction of sp³-hybridized carbons (Fsp3) is 0.481. The van der Waals surface area contributed by atoms with Gasteiger partial charge in [-0.2, -0.15) is 0 Å². The van der Waals surface area contributed by atoms with E-state index < -0.39 is 0 Å². The van der Waals surface area contributed by atoms with Crippen LogP contribution in [0, 0.1) is 18.8 Å². The second-order valence-electron chi connectivity index (χ2n) is 9.33. The Balaban J connectivity index is 1.31. The number of benzene rings is 2. The third-order valence-electron chi connectivity index (χ3n) is 6.82. The number of carbonyl (C=O) groups is 2. The van der Waals surface area contributed by atoms with E-state index in [2.05, 4.69) is 5.32 Å². The Labute approximate surface area is 201 Å². The number of para-hydroxylation sites is 1. The lowest BCUT2D eigenvalue weighted by Gasteiger charge is -2.34. The Hall–Kier alpha value is -2.53. The molecule has 2 aromatic rings. The lowest BCUT2D eigenvalue weighted by molar-refractivity contribution is -0.139. The molecule has 1 aliphatic heterocycles. The molecule has 2 amide bonds. The van der Waals surface area contributed by atoms with Gasteiger partial charge >= 0.3 is 0 Å². The zero-order valence-corrected chi connectivity index (χ0v) is 20.1. The number of nitrogens with one attached hydrogen (secondary N) is 1. The maximum Gasteiger partial charge on any atom is 0.227 e. The number of carbonyl (C=O) groups excluding carboxylic acids is 2. The molecule has 1 heterocycles. The molecule has 176 valence electrons. The van der Waals surface area contributed by atoms with E-state index in [0.717, 1.165) is 42.5 Å². The van der Waals surface area contributed by atoms with E-state index in [-0.39, 0.29) is 17.7 Å². The highest BCUT2D eigenvalue weighted by molar-refractivity contribution is 6.30. The number of likely N-dealkylation sites (tertiary alicyclic amines) is 1. The van der Waals surface area contributed by atoms with Crippen LogP contribution in [0.15, 0.2) is 42.5 Å². The van der Waals surface area contributed by atoms with Crippen molar-refractivity contribution >= 4 is 29.1 Å². The predicted octanol–water partition coefficient (Wildman–Crippen LogP) is 5.98. The predicted molar refractivity (Wildman–Crippen MR) is 131 cm³/mol. The van der Waals surface area contributed by atoms with Crippen LogP contribution in [-0.2, 0) is 16.2 Å². The molecule has 0 radical (unpaired) electrons. The first kappa shape index (κ1) is 23.6. The summed E-state index contributed by atoms with van der Waals surface area (Å²) in [5.74, 6) is 1.14. The Morgan fingerprint density at radius 3 is 2.45 bits per heavy atom. The van der Waals surface area contributed by atoms with Gasteiger partial charge in [-0.05, 0) is 62.4 Å². The van der Waals surface area contributed by atoms with E-state index in [1.807, 2.05) is 48.2 Å². The number of anilines is 1. The second-order valence-corrected chi connectivity index (χ2v) is 9.77. The molecule has 4 rings (SSSR count). The van der Waals surface area contributed by atoms with E-state index >= 15 is 0 Å². The number of hydrogen-bond donors (Lipinski definition) is 1. The van der Waals surface area contributed by atoms with Gasteiger partial charge in [-0.15, -0.1) is 0 Å². The highest BCUT2D eigenvalue weighted by Gasteiger charge is 2.31. The summed E-state index contributed by atoms with van der Waals surface area (Å²) in [6.45, 7) is 3.66. The van der Waals surface area contributed by atoms with Gasteiger partial charge in [0.1, 0.15) is 12.4 Å². The first-order valence-corrected chi connectivity index (χ1v) is 12.4. The summed E-state index contributed by atoms with van der Waals surface area (Å²) in [6.07, 6.45) is 7.04. The van der Waals surface area contributed by atoms with Crippen LogP contribution < -0.4 is 10.1 Å². The molecule has 6 heteroatoms. The highest BCUT2D eigenvalue weighted by Crippen LogP contribution is 2.28. The van der Waals surface area contributed by atoms with Gasteiger partial charge in [0, 0.05) is 41.2 Å². The van der Waals surface area contributed by atoms with Crippen LogP contribution in [0.2, 0.25) is 5.02 Å². The molecule has 1 aliphatic carbocycles. The first-order valence-electron chi connectivity index (χ1n) is 12.1. The van der Waals surface area contributed by atoms with Gasteiger partial charge in [-0.25, -0.2) is 0 Å². The Kier molecular flexibility index (Phi) is 7.92. The molecule has 1 saturated carbocycles. The largest absolute Gasteiger partial charge is 0.489 e. The first-order chi connectivity index (χ1) is 16.0. The molecular weight excluding hydrogens is 436 g/mol. The summed E-state index contributed by atoms with van der Waals surface area (Å²) < 4.78 is 5.94.